The summed E-state index contributed by atoms with van der Waals surface area (Å²) < 4.78 is 1.80. The van der Waals surface area contributed by atoms with Crippen LogP contribution in [0.5, 0.6) is 0 Å². The first-order valence-corrected chi connectivity index (χ1v) is 12.8. The van der Waals surface area contributed by atoms with Crippen LogP contribution in [0, 0.1) is 17.8 Å². The molecule has 9 nitrogen and oxygen atoms in total. The molecule has 4 atom stereocenters. The SMILES string of the molecule is NC(=O)c1cccc(C#CCN(C[C@H]2C[C@@H](n3ccc4c(Cl)ncnc43)[C@H](O)[C@@H]2O)C(=O)c2ccccc2)c1. The van der Waals surface area contributed by atoms with Crippen LogP contribution in [0.1, 0.15) is 38.7 Å². The molecule has 5 rings (SSSR count). The van der Waals surface area contributed by atoms with E-state index in [1.54, 1.807) is 70.3 Å². The van der Waals surface area contributed by atoms with E-state index in [2.05, 4.69) is 21.8 Å². The number of benzene rings is 2. The van der Waals surface area contributed by atoms with E-state index in [0.717, 1.165) is 0 Å². The van der Waals surface area contributed by atoms with Crippen LogP contribution < -0.4 is 5.73 Å². The van der Waals surface area contributed by atoms with E-state index in [1.165, 1.54) is 6.33 Å². The predicted molar refractivity (Wildman–Crippen MR) is 146 cm³/mol. The maximum absolute atomic E-state index is 13.4. The number of aliphatic hydroxyl groups excluding tert-OH is 2. The number of halogens is 1. The summed E-state index contributed by atoms with van der Waals surface area (Å²) >= 11 is 6.19. The first-order chi connectivity index (χ1) is 18.8. The van der Waals surface area contributed by atoms with E-state index < -0.39 is 30.1 Å². The van der Waals surface area contributed by atoms with Gasteiger partial charge < -0.3 is 25.4 Å². The van der Waals surface area contributed by atoms with Crippen molar-refractivity contribution in [1.29, 1.82) is 0 Å². The molecule has 1 saturated carbocycles. The third-order valence-corrected chi connectivity index (χ3v) is 7.30. The molecule has 0 aliphatic heterocycles. The molecule has 0 unspecified atom stereocenters. The maximum atomic E-state index is 13.4. The minimum Gasteiger partial charge on any atom is -0.390 e. The van der Waals surface area contributed by atoms with Gasteiger partial charge in [-0.25, -0.2) is 9.97 Å². The largest absolute Gasteiger partial charge is 0.390 e. The van der Waals surface area contributed by atoms with Crippen LogP contribution in [0.25, 0.3) is 11.0 Å². The van der Waals surface area contributed by atoms with Crippen molar-refractivity contribution < 1.29 is 19.8 Å². The second-order valence-corrected chi connectivity index (χ2v) is 9.83. The molecule has 2 heterocycles. The summed E-state index contributed by atoms with van der Waals surface area (Å²) in [7, 11) is 0. The van der Waals surface area contributed by atoms with Gasteiger partial charge in [0.05, 0.1) is 24.1 Å². The van der Waals surface area contributed by atoms with Gasteiger partial charge >= 0.3 is 0 Å². The Balaban J connectivity index is 1.39. The number of aliphatic hydroxyl groups is 2. The van der Waals surface area contributed by atoms with Gasteiger partial charge in [-0.1, -0.05) is 47.7 Å². The van der Waals surface area contributed by atoms with Gasteiger partial charge in [-0.3, -0.25) is 9.59 Å². The Bertz CT molecular complexity index is 1580. The van der Waals surface area contributed by atoms with Crippen molar-refractivity contribution in [2.75, 3.05) is 13.1 Å². The zero-order chi connectivity index (χ0) is 27.5. The number of rotatable bonds is 6. The first-order valence-electron chi connectivity index (χ1n) is 12.4. The number of nitrogens with two attached hydrogens (primary N) is 1. The van der Waals surface area contributed by atoms with Gasteiger partial charge in [0.25, 0.3) is 5.91 Å². The lowest BCUT2D eigenvalue weighted by Gasteiger charge is -2.26. The van der Waals surface area contributed by atoms with Gasteiger partial charge in [0.2, 0.25) is 5.91 Å². The lowest BCUT2D eigenvalue weighted by atomic mass is 10.0. The van der Waals surface area contributed by atoms with Crippen LogP contribution in [0.15, 0.2) is 73.2 Å². The Morgan fingerprint density at radius 1 is 1.05 bits per heavy atom. The molecule has 0 radical (unpaired) electrons. The molecule has 4 aromatic rings. The number of primary amides is 1. The Hall–Kier alpha value is -4.23. The molecule has 4 N–H and O–H groups in total. The monoisotopic (exact) mass is 543 g/mol. The van der Waals surface area contributed by atoms with E-state index >= 15 is 0 Å². The number of nitrogens with zero attached hydrogens (tertiary/aromatic N) is 4. The van der Waals surface area contributed by atoms with Crippen LogP contribution in [0.4, 0.5) is 0 Å². The quantitative estimate of drug-likeness (QED) is 0.253. The molecular formula is C29H26ClN5O4. The highest BCUT2D eigenvalue weighted by Crippen LogP contribution is 2.38. The van der Waals surface area contributed by atoms with Gasteiger partial charge in [0.15, 0.2) is 0 Å². The lowest BCUT2D eigenvalue weighted by molar-refractivity contribution is 0.00152. The zero-order valence-electron chi connectivity index (χ0n) is 20.8. The molecule has 2 aromatic carbocycles. The number of carbonyl (C=O) groups is 2. The fourth-order valence-electron chi connectivity index (χ4n) is 5.02. The van der Waals surface area contributed by atoms with Gasteiger partial charge in [0.1, 0.15) is 23.2 Å². The van der Waals surface area contributed by atoms with Crippen LogP contribution in [0.3, 0.4) is 0 Å². The average molecular weight is 544 g/mol. The van der Waals surface area contributed by atoms with Crippen molar-refractivity contribution in [3.05, 3.63) is 95.0 Å². The Kier molecular flexibility index (Phi) is 7.61. The molecule has 2 aromatic heterocycles. The minimum atomic E-state index is -1.07. The summed E-state index contributed by atoms with van der Waals surface area (Å²) in [6, 6.07) is 16.8. The van der Waals surface area contributed by atoms with E-state index in [0.29, 0.717) is 39.3 Å². The van der Waals surface area contributed by atoms with Crippen molar-refractivity contribution >= 4 is 34.4 Å². The van der Waals surface area contributed by atoms with Crippen LogP contribution in [0.2, 0.25) is 5.15 Å². The number of hydrogen-bond acceptors (Lipinski definition) is 6. The number of hydrogen-bond donors (Lipinski definition) is 3. The zero-order valence-corrected chi connectivity index (χ0v) is 21.6. The normalized spacial score (nSPS) is 20.4. The number of aromatic nitrogens is 3. The second-order valence-electron chi connectivity index (χ2n) is 9.47. The Morgan fingerprint density at radius 3 is 2.59 bits per heavy atom. The van der Waals surface area contributed by atoms with Crippen molar-refractivity contribution in [1.82, 2.24) is 19.4 Å². The topological polar surface area (TPSA) is 135 Å². The van der Waals surface area contributed by atoms with Crippen molar-refractivity contribution in [3.8, 4) is 11.8 Å². The molecule has 1 aliphatic carbocycles. The highest BCUT2D eigenvalue weighted by molar-refractivity contribution is 6.33. The van der Waals surface area contributed by atoms with E-state index in [1.807, 2.05) is 6.07 Å². The average Bonchev–Trinajstić information content (AvgIpc) is 3.50. The highest BCUT2D eigenvalue weighted by atomic mass is 35.5. The van der Waals surface area contributed by atoms with Gasteiger partial charge in [0, 0.05) is 35.3 Å². The summed E-state index contributed by atoms with van der Waals surface area (Å²) in [6.07, 6.45) is 1.38. The van der Waals surface area contributed by atoms with Gasteiger partial charge in [-0.05, 0) is 42.8 Å². The smallest absolute Gasteiger partial charge is 0.254 e. The van der Waals surface area contributed by atoms with Crippen LogP contribution in [-0.4, -0.2) is 66.8 Å². The molecule has 1 fully saturated rings. The minimum absolute atomic E-state index is 0.0772. The third-order valence-electron chi connectivity index (χ3n) is 7.00. The summed E-state index contributed by atoms with van der Waals surface area (Å²) in [5, 5.41) is 22.9. The standard InChI is InChI=1S/C29H26ClN5O4/c30-26-22-11-13-35(28(22)33-17-32-26)23-15-21(24(36)25(23)37)16-34(29(39)19-8-2-1-3-9-19)12-5-7-18-6-4-10-20(14-18)27(31)38/h1-4,6,8-11,13-14,17,21,23-25,36-37H,12,15-16H2,(H2,31,38)/t21-,23-,24-,25+/m1/s1. The lowest BCUT2D eigenvalue weighted by Crippen LogP contribution is -2.39. The molecule has 1 aliphatic rings. The fraction of sp³-hybridized carbons (Fsp3) is 0.241. The predicted octanol–water partition coefficient (Wildman–Crippen LogP) is 2.66. The summed E-state index contributed by atoms with van der Waals surface area (Å²) in [5.41, 5.74) is 7.35. The molecule has 0 bridgehead atoms. The third kappa shape index (κ3) is 5.49. The van der Waals surface area contributed by atoms with E-state index in [9.17, 15) is 19.8 Å². The Morgan fingerprint density at radius 2 is 1.82 bits per heavy atom. The van der Waals surface area contributed by atoms with E-state index in [-0.39, 0.29) is 19.0 Å². The first kappa shape index (κ1) is 26.4. The maximum Gasteiger partial charge on any atom is 0.254 e. The highest BCUT2D eigenvalue weighted by Gasteiger charge is 2.43. The second kappa shape index (κ2) is 11.3. The summed E-state index contributed by atoms with van der Waals surface area (Å²) in [4.78, 5) is 34.8. The van der Waals surface area contributed by atoms with Gasteiger partial charge in [-0.2, -0.15) is 0 Å². The van der Waals surface area contributed by atoms with Crippen molar-refractivity contribution in [3.63, 3.8) is 0 Å². The fourth-order valence-corrected chi connectivity index (χ4v) is 5.21. The van der Waals surface area contributed by atoms with Crippen LogP contribution >= 0.6 is 11.6 Å². The number of amides is 2. The van der Waals surface area contributed by atoms with Crippen molar-refractivity contribution in [2.24, 2.45) is 11.7 Å². The summed E-state index contributed by atoms with van der Waals surface area (Å²) in [6.45, 7) is 0.251. The molecule has 0 spiro atoms. The van der Waals surface area contributed by atoms with E-state index in [4.69, 9.17) is 17.3 Å². The molecule has 0 saturated heterocycles. The molecule has 2 amide bonds. The Labute approximate surface area is 229 Å². The number of carbonyl (C=O) groups excluding carboxylic acids is 2. The number of fused-ring (bicyclic) bond motifs is 1. The molecule has 10 heteroatoms. The molecule has 198 valence electrons. The molecule has 39 heavy (non-hydrogen) atoms. The van der Waals surface area contributed by atoms with Crippen molar-refractivity contribution in [2.45, 2.75) is 24.7 Å². The van der Waals surface area contributed by atoms with Gasteiger partial charge in [-0.15, -0.1) is 0 Å². The van der Waals surface area contributed by atoms with Crippen LogP contribution in [-0.2, 0) is 0 Å². The summed E-state index contributed by atoms with van der Waals surface area (Å²) in [5.74, 6) is 4.78. The molecular weight excluding hydrogens is 518 g/mol.